The van der Waals surface area contributed by atoms with Crippen LogP contribution in [0.15, 0.2) is 6.20 Å². The third-order valence-electron chi connectivity index (χ3n) is 2.50. The second kappa shape index (κ2) is 6.09. The summed E-state index contributed by atoms with van der Waals surface area (Å²) < 4.78 is 8.30. The zero-order valence-corrected chi connectivity index (χ0v) is 9.97. The minimum atomic E-state index is 0.371. The Kier molecular flexibility index (Phi) is 5.04. The first-order valence-corrected chi connectivity index (χ1v) is 5.95. The summed E-state index contributed by atoms with van der Waals surface area (Å²) in [4.78, 5) is 0. The molecular weight excluding hydrogens is 194 g/mol. The van der Waals surface area contributed by atoms with Gasteiger partial charge in [0.2, 0.25) is 0 Å². The van der Waals surface area contributed by atoms with E-state index >= 15 is 0 Å². The van der Waals surface area contributed by atoms with Crippen molar-refractivity contribution in [3.63, 3.8) is 0 Å². The van der Waals surface area contributed by atoms with Crippen molar-refractivity contribution in [2.45, 2.75) is 39.2 Å². The maximum atomic E-state index is 4.27. The Balaban J connectivity index is 2.47. The van der Waals surface area contributed by atoms with E-state index in [9.17, 15) is 0 Å². The van der Waals surface area contributed by atoms with Crippen molar-refractivity contribution in [1.29, 1.82) is 0 Å². The molecule has 80 valence electrons. The van der Waals surface area contributed by atoms with Crippen LogP contribution in [0, 0.1) is 5.92 Å². The first-order chi connectivity index (χ1) is 6.77. The molecule has 1 heterocycles. The lowest BCUT2D eigenvalue weighted by molar-refractivity contribution is 0.403. The van der Waals surface area contributed by atoms with Gasteiger partial charge in [0.1, 0.15) is 0 Å². The maximum Gasteiger partial charge on any atom is 0.0912 e. The van der Waals surface area contributed by atoms with Gasteiger partial charge >= 0.3 is 0 Å². The minimum absolute atomic E-state index is 0.371. The van der Waals surface area contributed by atoms with E-state index in [-0.39, 0.29) is 0 Å². The summed E-state index contributed by atoms with van der Waals surface area (Å²) in [6.45, 7) is 4.53. The average molecular weight is 213 g/mol. The van der Waals surface area contributed by atoms with Crippen molar-refractivity contribution < 1.29 is 0 Å². The van der Waals surface area contributed by atoms with Crippen molar-refractivity contribution in [3.8, 4) is 0 Å². The molecule has 4 heteroatoms. The molecule has 0 amide bonds. The quantitative estimate of drug-likeness (QED) is 0.789. The third kappa shape index (κ3) is 3.35. The summed E-state index contributed by atoms with van der Waals surface area (Å²) in [6.07, 6.45) is 5.56. The Morgan fingerprint density at radius 2 is 2.36 bits per heavy atom. The van der Waals surface area contributed by atoms with E-state index in [1.165, 1.54) is 24.6 Å². The van der Waals surface area contributed by atoms with Crippen LogP contribution in [-0.4, -0.2) is 15.8 Å². The van der Waals surface area contributed by atoms with Gasteiger partial charge < -0.3 is 5.32 Å². The fourth-order valence-electron chi connectivity index (χ4n) is 1.72. The van der Waals surface area contributed by atoms with E-state index in [4.69, 9.17) is 0 Å². The predicted octanol–water partition coefficient (Wildman–Crippen LogP) is 2.62. The molecule has 2 atom stereocenters. The van der Waals surface area contributed by atoms with Crippen LogP contribution in [0.4, 0.5) is 0 Å². The standard InChI is InChI=1S/C10H19N3S/c1-4-5-8(2)6-9(11-3)10-7-12-14-13-10/h7-9,11H,4-6H2,1-3H3. The van der Waals surface area contributed by atoms with Crippen LogP contribution in [0.25, 0.3) is 0 Å². The lowest BCUT2D eigenvalue weighted by atomic mass is 9.96. The van der Waals surface area contributed by atoms with Crippen molar-refractivity contribution in [2.24, 2.45) is 5.92 Å². The molecule has 0 aliphatic heterocycles. The molecule has 0 bridgehead atoms. The SMILES string of the molecule is CCCC(C)CC(NC)c1cnsn1. The smallest absolute Gasteiger partial charge is 0.0912 e. The number of hydrogen-bond donors (Lipinski definition) is 1. The molecule has 0 aliphatic carbocycles. The Morgan fingerprint density at radius 1 is 1.57 bits per heavy atom. The number of aromatic nitrogens is 2. The molecule has 2 unspecified atom stereocenters. The number of hydrogen-bond acceptors (Lipinski definition) is 4. The first-order valence-electron chi connectivity index (χ1n) is 5.22. The van der Waals surface area contributed by atoms with Crippen LogP contribution in [0.3, 0.4) is 0 Å². The Morgan fingerprint density at radius 3 is 2.86 bits per heavy atom. The van der Waals surface area contributed by atoms with Gasteiger partial charge in [0.05, 0.1) is 29.7 Å². The highest BCUT2D eigenvalue weighted by Gasteiger charge is 2.15. The van der Waals surface area contributed by atoms with Crippen LogP contribution < -0.4 is 5.32 Å². The molecule has 1 rings (SSSR count). The fraction of sp³-hybridized carbons (Fsp3) is 0.800. The van der Waals surface area contributed by atoms with E-state index in [1.54, 1.807) is 0 Å². The molecule has 0 spiro atoms. The van der Waals surface area contributed by atoms with E-state index in [2.05, 4.69) is 27.9 Å². The average Bonchev–Trinajstić information content (AvgIpc) is 2.67. The second-order valence-electron chi connectivity index (χ2n) is 3.80. The molecule has 1 N–H and O–H groups in total. The number of rotatable bonds is 6. The lowest BCUT2D eigenvalue weighted by Gasteiger charge is -2.17. The molecule has 14 heavy (non-hydrogen) atoms. The molecule has 0 fully saturated rings. The van der Waals surface area contributed by atoms with Crippen LogP contribution in [-0.2, 0) is 0 Å². The summed E-state index contributed by atoms with van der Waals surface area (Å²) in [7, 11) is 1.99. The van der Waals surface area contributed by atoms with Gasteiger partial charge in [0.25, 0.3) is 0 Å². The van der Waals surface area contributed by atoms with E-state index < -0.39 is 0 Å². The third-order valence-corrected chi connectivity index (χ3v) is 3.00. The van der Waals surface area contributed by atoms with Crippen LogP contribution >= 0.6 is 11.7 Å². The summed E-state index contributed by atoms with van der Waals surface area (Å²) in [5.74, 6) is 0.749. The van der Waals surface area contributed by atoms with Gasteiger partial charge in [-0.25, -0.2) is 0 Å². The van der Waals surface area contributed by atoms with Crippen LogP contribution in [0.1, 0.15) is 44.8 Å². The van der Waals surface area contributed by atoms with Gasteiger partial charge in [-0.1, -0.05) is 26.7 Å². The fourth-order valence-corrected chi connectivity index (χ4v) is 2.20. The topological polar surface area (TPSA) is 37.8 Å². The highest BCUT2D eigenvalue weighted by Crippen LogP contribution is 2.22. The molecule has 0 aromatic carbocycles. The van der Waals surface area contributed by atoms with Gasteiger partial charge in [0.15, 0.2) is 0 Å². The highest BCUT2D eigenvalue weighted by molar-refractivity contribution is 6.99. The molecule has 3 nitrogen and oxygen atoms in total. The van der Waals surface area contributed by atoms with Crippen molar-refractivity contribution in [1.82, 2.24) is 14.1 Å². The van der Waals surface area contributed by atoms with Crippen LogP contribution in [0.2, 0.25) is 0 Å². The van der Waals surface area contributed by atoms with E-state index in [1.807, 2.05) is 13.2 Å². The Hall–Kier alpha value is -0.480. The molecule has 0 aliphatic rings. The Bertz CT molecular complexity index is 236. The first kappa shape index (κ1) is 11.6. The monoisotopic (exact) mass is 213 g/mol. The zero-order chi connectivity index (χ0) is 10.4. The molecule has 1 aromatic rings. The van der Waals surface area contributed by atoms with Crippen LogP contribution in [0.5, 0.6) is 0 Å². The van der Waals surface area contributed by atoms with Gasteiger partial charge in [-0.3, -0.25) is 0 Å². The van der Waals surface area contributed by atoms with Gasteiger partial charge in [-0.2, -0.15) is 8.75 Å². The number of nitrogens with zero attached hydrogens (tertiary/aromatic N) is 2. The second-order valence-corrected chi connectivity index (χ2v) is 4.36. The van der Waals surface area contributed by atoms with Gasteiger partial charge in [-0.15, -0.1) is 0 Å². The van der Waals surface area contributed by atoms with Crippen molar-refractivity contribution in [3.05, 3.63) is 11.9 Å². The highest BCUT2D eigenvalue weighted by atomic mass is 32.1. The van der Waals surface area contributed by atoms with E-state index in [0.29, 0.717) is 6.04 Å². The zero-order valence-electron chi connectivity index (χ0n) is 9.16. The van der Waals surface area contributed by atoms with Crippen molar-refractivity contribution in [2.75, 3.05) is 7.05 Å². The summed E-state index contributed by atoms with van der Waals surface area (Å²) >= 11 is 1.28. The van der Waals surface area contributed by atoms with Gasteiger partial charge in [0, 0.05) is 0 Å². The minimum Gasteiger partial charge on any atom is -0.312 e. The van der Waals surface area contributed by atoms with Gasteiger partial charge in [-0.05, 0) is 19.4 Å². The number of nitrogens with one attached hydrogen (secondary N) is 1. The molecule has 1 aromatic heterocycles. The van der Waals surface area contributed by atoms with Crippen molar-refractivity contribution >= 4 is 11.7 Å². The largest absolute Gasteiger partial charge is 0.312 e. The molecule has 0 saturated carbocycles. The maximum absolute atomic E-state index is 4.27. The predicted molar refractivity (Wildman–Crippen MR) is 60.4 cm³/mol. The van der Waals surface area contributed by atoms with E-state index in [0.717, 1.165) is 18.0 Å². The Labute approximate surface area is 90.3 Å². The molecule has 0 radical (unpaired) electrons. The summed E-state index contributed by atoms with van der Waals surface area (Å²) in [6, 6.07) is 0.371. The summed E-state index contributed by atoms with van der Waals surface area (Å²) in [5, 5.41) is 3.30. The molecule has 0 saturated heterocycles. The normalized spacial score (nSPS) is 15.4. The summed E-state index contributed by atoms with van der Waals surface area (Å²) in [5.41, 5.74) is 1.08. The lowest BCUT2D eigenvalue weighted by Crippen LogP contribution is -2.19. The molecular formula is C10H19N3S.